The molecule has 0 spiro atoms. The highest BCUT2D eigenvalue weighted by Crippen LogP contribution is 2.22. The van der Waals surface area contributed by atoms with E-state index in [0.717, 1.165) is 4.47 Å². The predicted molar refractivity (Wildman–Crippen MR) is 47.6 cm³/mol. The van der Waals surface area contributed by atoms with Gasteiger partial charge in [-0.1, -0.05) is 11.6 Å². The molecule has 3 nitrogen and oxygen atoms in total. The van der Waals surface area contributed by atoms with E-state index in [1.54, 1.807) is 12.3 Å². The molecule has 0 unspecified atom stereocenters. The summed E-state index contributed by atoms with van der Waals surface area (Å²) in [7, 11) is 1.51. The van der Waals surface area contributed by atoms with Gasteiger partial charge in [-0.15, -0.1) is 0 Å². The smallest absolute Gasteiger partial charge is 0.154 e. The van der Waals surface area contributed by atoms with Crippen molar-refractivity contribution < 1.29 is 4.84 Å². The molecule has 0 atom stereocenters. The maximum atomic E-state index is 5.70. The molecule has 0 saturated carbocycles. The molecule has 0 fully saturated rings. The van der Waals surface area contributed by atoms with Crippen LogP contribution in [0.15, 0.2) is 16.7 Å². The van der Waals surface area contributed by atoms with Gasteiger partial charge in [0.25, 0.3) is 0 Å². The van der Waals surface area contributed by atoms with Crippen molar-refractivity contribution in [3.8, 4) is 0 Å². The first-order valence-corrected chi connectivity index (χ1v) is 4.01. The van der Waals surface area contributed by atoms with Crippen molar-refractivity contribution in [3.05, 3.63) is 21.9 Å². The Bertz CT molecular complexity index is 256. The summed E-state index contributed by atoms with van der Waals surface area (Å²) in [5, 5.41) is 0.384. The molecule has 0 amide bonds. The summed E-state index contributed by atoms with van der Waals surface area (Å²) < 4.78 is 0.849. The number of nitrogens with zero attached hydrogens (tertiary/aromatic N) is 1. The summed E-state index contributed by atoms with van der Waals surface area (Å²) in [6, 6.07) is 1.78. The van der Waals surface area contributed by atoms with Crippen LogP contribution in [-0.2, 0) is 4.84 Å². The molecule has 5 heteroatoms. The van der Waals surface area contributed by atoms with Crippen LogP contribution < -0.4 is 5.48 Å². The van der Waals surface area contributed by atoms with Crippen LogP contribution in [0.4, 0.5) is 5.69 Å². The van der Waals surface area contributed by atoms with Crippen molar-refractivity contribution in [2.45, 2.75) is 0 Å². The van der Waals surface area contributed by atoms with Crippen molar-refractivity contribution in [2.75, 3.05) is 12.6 Å². The molecule has 0 aliphatic carbocycles. The summed E-state index contributed by atoms with van der Waals surface area (Å²) >= 11 is 8.95. The van der Waals surface area contributed by atoms with Gasteiger partial charge in [-0.3, -0.25) is 10.3 Å². The van der Waals surface area contributed by atoms with Gasteiger partial charge >= 0.3 is 0 Å². The minimum atomic E-state index is 0.384. The normalized spacial score (nSPS) is 9.73. The Hall–Kier alpha value is -0.320. The molecule has 1 N–H and O–H groups in total. The lowest BCUT2D eigenvalue weighted by Gasteiger charge is -2.03. The van der Waals surface area contributed by atoms with Crippen LogP contribution in [0.3, 0.4) is 0 Å². The number of rotatable bonds is 2. The van der Waals surface area contributed by atoms with Gasteiger partial charge in [0.15, 0.2) is 5.15 Å². The molecule has 0 radical (unpaired) electrons. The lowest BCUT2D eigenvalue weighted by Crippen LogP contribution is -1.96. The largest absolute Gasteiger partial charge is 0.279 e. The summed E-state index contributed by atoms with van der Waals surface area (Å²) in [6.07, 6.45) is 1.61. The molecular weight excluding hydrogens is 231 g/mol. The zero-order chi connectivity index (χ0) is 8.27. The van der Waals surface area contributed by atoms with Crippen LogP contribution in [0.2, 0.25) is 5.15 Å². The number of hydrogen-bond acceptors (Lipinski definition) is 3. The first kappa shape index (κ1) is 8.77. The quantitative estimate of drug-likeness (QED) is 0.634. The summed E-state index contributed by atoms with van der Waals surface area (Å²) in [4.78, 5) is 8.54. The maximum Gasteiger partial charge on any atom is 0.154 e. The number of nitrogens with one attached hydrogen (secondary N) is 1. The second kappa shape index (κ2) is 3.90. The molecule has 0 bridgehead atoms. The fourth-order valence-corrected chi connectivity index (χ4v) is 1.08. The van der Waals surface area contributed by atoms with Crippen LogP contribution in [0, 0.1) is 0 Å². The van der Waals surface area contributed by atoms with Crippen molar-refractivity contribution in [2.24, 2.45) is 0 Å². The molecule has 1 aromatic rings. The van der Waals surface area contributed by atoms with Crippen molar-refractivity contribution in [1.82, 2.24) is 4.98 Å². The summed E-state index contributed by atoms with van der Waals surface area (Å²) in [5.74, 6) is 0. The number of anilines is 1. The van der Waals surface area contributed by atoms with E-state index in [1.165, 1.54) is 7.11 Å². The van der Waals surface area contributed by atoms with Crippen molar-refractivity contribution in [1.29, 1.82) is 0 Å². The van der Waals surface area contributed by atoms with E-state index in [1.807, 2.05) is 0 Å². The average Bonchev–Trinajstić information content (AvgIpc) is 1.98. The predicted octanol–water partition coefficient (Wildman–Crippen LogP) is 2.47. The Morgan fingerprint density at radius 3 is 3.09 bits per heavy atom. The molecule has 1 heterocycles. The topological polar surface area (TPSA) is 34.1 Å². The van der Waals surface area contributed by atoms with Crippen LogP contribution in [0.5, 0.6) is 0 Å². The van der Waals surface area contributed by atoms with Gasteiger partial charge in [-0.05, 0) is 22.0 Å². The minimum absolute atomic E-state index is 0.384. The van der Waals surface area contributed by atoms with Crippen molar-refractivity contribution in [3.63, 3.8) is 0 Å². The van der Waals surface area contributed by atoms with Gasteiger partial charge in [0.2, 0.25) is 0 Å². The van der Waals surface area contributed by atoms with E-state index in [4.69, 9.17) is 11.6 Å². The minimum Gasteiger partial charge on any atom is -0.279 e. The lowest BCUT2D eigenvalue weighted by atomic mass is 10.4. The second-order valence-corrected chi connectivity index (χ2v) is 3.07. The van der Waals surface area contributed by atoms with Crippen molar-refractivity contribution >= 4 is 33.2 Å². The third-order valence-corrected chi connectivity index (χ3v) is 1.75. The molecule has 1 aromatic heterocycles. The van der Waals surface area contributed by atoms with Gasteiger partial charge < -0.3 is 0 Å². The first-order valence-electron chi connectivity index (χ1n) is 2.84. The fraction of sp³-hybridized carbons (Fsp3) is 0.167. The van der Waals surface area contributed by atoms with E-state index in [-0.39, 0.29) is 0 Å². The molecule has 0 saturated heterocycles. The molecule has 0 aliphatic heterocycles. The fourth-order valence-electron chi connectivity index (χ4n) is 0.604. The van der Waals surface area contributed by atoms with Crippen LogP contribution in [0.25, 0.3) is 0 Å². The summed E-state index contributed by atoms with van der Waals surface area (Å²) in [5.41, 5.74) is 3.23. The molecule has 1 rings (SSSR count). The van der Waals surface area contributed by atoms with E-state index >= 15 is 0 Å². The van der Waals surface area contributed by atoms with Crippen LogP contribution in [-0.4, -0.2) is 12.1 Å². The lowest BCUT2D eigenvalue weighted by molar-refractivity contribution is 0.271. The van der Waals surface area contributed by atoms with Gasteiger partial charge in [0.1, 0.15) is 0 Å². The van der Waals surface area contributed by atoms with Gasteiger partial charge in [0.05, 0.1) is 12.8 Å². The molecule has 0 aromatic carbocycles. The highest BCUT2D eigenvalue weighted by atomic mass is 79.9. The van der Waals surface area contributed by atoms with Gasteiger partial charge in [-0.25, -0.2) is 4.98 Å². The highest BCUT2D eigenvalue weighted by Gasteiger charge is 2.00. The molecule has 11 heavy (non-hydrogen) atoms. The molecule has 0 aliphatic rings. The Kier molecular flexibility index (Phi) is 3.11. The highest BCUT2D eigenvalue weighted by molar-refractivity contribution is 9.10. The Morgan fingerprint density at radius 2 is 2.45 bits per heavy atom. The zero-order valence-corrected chi connectivity index (χ0v) is 8.11. The number of halogens is 2. The SMILES string of the molecule is CONc1cc(Br)cnc1Cl. The number of pyridine rings is 1. The third-order valence-electron chi connectivity index (χ3n) is 1.02. The van der Waals surface area contributed by atoms with E-state index in [0.29, 0.717) is 10.8 Å². The molecule has 60 valence electrons. The Labute approximate surface area is 77.8 Å². The molecular formula is C6H6BrClN2O. The monoisotopic (exact) mass is 236 g/mol. The standard InChI is InChI=1S/C6H6BrClN2O/c1-11-10-5-2-4(7)3-9-6(5)8/h2-3,10H,1H3. The Balaban J connectivity index is 2.93. The number of hydrogen-bond donors (Lipinski definition) is 1. The first-order chi connectivity index (χ1) is 5.24. The number of aromatic nitrogens is 1. The van der Waals surface area contributed by atoms with Gasteiger partial charge in [-0.2, -0.15) is 0 Å². The van der Waals surface area contributed by atoms with Gasteiger partial charge in [0, 0.05) is 10.7 Å². The van der Waals surface area contributed by atoms with Crippen LogP contribution >= 0.6 is 27.5 Å². The second-order valence-electron chi connectivity index (χ2n) is 1.80. The third kappa shape index (κ3) is 2.32. The summed E-state index contributed by atoms with van der Waals surface area (Å²) in [6.45, 7) is 0. The van der Waals surface area contributed by atoms with E-state index in [9.17, 15) is 0 Å². The van der Waals surface area contributed by atoms with E-state index in [2.05, 4.69) is 31.2 Å². The van der Waals surface area contributed by atoms with E-state index < -0.39 is 0 Å². The Morgan fingerprint density at radius 1 is 1.73 bits per heavy atom. The van der Waals surface area contributed by atoms with Crippen LogP contribution in [0.1, 0.15) is 0 Å². The zero-order valence-electron chi connectivity index (χ0n) is 5.77. The average molecular weight is 237 g/mol. The maximum absolute atomic E-state index is 5.70.